The number of halogens is 2. The summed E-state index contributed by atoms with van der Waals surface area (Å²) in [6.45, 7) is 2.33. The Morgan fingerprint density at radius 2 is 1.57 bits per heavy atom. The molecule has 0 fully saturated rings. The molecular formula is C20H22Cl2N2O4. The number of hydrogen-bond donors (Lipinski definition) is 1. The van der Waals surface area contributed by atoms with Gasteiger partial charge in [0.25, 0.3) is 5.91 Å². The van der Waals surface area contributed by atoms with E-state index in [0.717, 1.165) is 12.2 Å². The minimum atomic E-state index is -0.414. The van der Waals surface area contributed by atoms with Crippen LogP contribution in [0.4, 0.5) is 5.69 Å². The van der Waals surface area contributed by atoms with Crippen molar-refractivity contribution in [2.45, 2.75) is 13.3 Å². The topological polar surface area (TPSA) is 67.9 Å². The van der Waals surface area contributed by atoms with E-state index in [-0.39, 0.29) is 19.1 Å². The molecule has 0 spiro atoms. The summed E-state index contributed by atoms with van der Waals surface area (Å²) in [4.78, 5) is 25.6. The molecule has 8 heteroatoms. The highest BCUT2D eigenvalue weighted by atomic mass is 35.5. The molecular weight excluding hydrogens is 403 g/mol. The number of benzene rings is 2. The van der Waals surface area contributed by atoms with Crippen molar-refractivity contribution in [3.63, 3.8) is 0 Å². The van der Waals surface area contributed by atoms with Gasteiger partial charge in [0.1, 0.15) is 11.5 Å². The molecule has 0 aliphatic carbocycles. The fourth-order valence-electron chi connectivity index (χ4n) is 2.21. The Balaban J connectivity index is 1.81. The van der Waals surface area contributed by atoms with Crippen molar-refractivity contribution in [1.29, 1.82) is 0 Å². The maximum Gasteiger partial charge on any atom is 0.260 e. The first kappa shape index (κ1) is 21.9. The van der Waals surface area contributed by atoms with Gasteiger partial charge in [0.05, 0.1) is 28.9 Å². The summed E-state index contributed by atoms with van der Waals surface area (Å²) in [5, 5.41) is 3.26. The van der Waals surface area contributed by atoms with Crippen LogP contribution in [0.25, 0.3) is 0 Å². The summed E-state index contributed by atoms with van der Waals surface area (Å²) in [7, 11) is 1.52. The third-order valence-electron chi connectivity index (χ3n) is 3.69. The third kappa shape index (κ3) is 6.62. The molecule has 0 atom stereocenters. The molecule has 2 aromatic carbocycles. The molecule has 0 bridgehead atoms. The van der Waals surface area contributed by atoms with Crippen LogP contribution in [-0.4, -0.2) is 43.5 Å². The first-order valence-corrected chi connectivity index (χ1v) is 9.49. The van der Waals surface area contributed by atoms with Crippen molar-refractivity contribution < 1.29 is 19.1 Å². The van der Waals surface area contributed by atoms with Gasteiger partial charge in [-0.15, -0.1) is 0 Å². The van der Waals surface area contributed by atoms with E-state index >= 15 is 0 Å². The Hall–Kier alpha value is -2.44. The molecule has 0 saturated heterocycles. The van der Waals surface area contributed by atoms with Gasteiger partial charge in [-0.3, -0.25) is 9.59 Å². The van der Waals surface area contributed by atoms with Crippen molar-refractivity contribution in [2.24, 2.45) is 0 Å². The van der Waals surface area contributed by atoms with E-state index in [2.05, 4.69) is 5.32 Å². The van der Waals surface area contributed by atoms with E-state index in [1.165, 1.54) is 11.9 Å². The highest BCUT2D eigenvalue weighted by Gasteiger charge is 2.16. The van der Waals surface area contributed by atoms with Gasteiger partial charge in [-0.1, -0.05) is 36.2 Å². The number of hydrogen-bond acceptors (Lipinski definition) is 4. The van der Waals surface area contributed by atoms with Gasteiger partial charge in [0.2, 0.25) is 5.91 Å². The van der Waals surface area contributed by atoms with E-state index in [4.69, 9.17) is 32.7 Å². The smallest absolute Gasteiger partial charge is 0.260 e. The average Bonchev–Trinajstić information content (AvgIpc) is 2.68. The Morgan fingerprint density at radius 3 is 2.14 bits per heavy atom. The predicted octanol–water partition coefficient (Wildman–Crippen LogP) is 4.26. The lowest BCUT2D eigenvalue weighted by atomic mass is 10.3. The molecule has 2 aromatic rings. The highest BCUT2D eigenvalue weighted by Crippen LogP contribution is 2.29. The van der Waals surface area contributed by atoms with E-state index in [9.17, 15) is 9.59 Å². The number of anilines is 1. The number of carbonyl (C=O) groups excluding carboxylic acids is 2. The first-order valence-electron chi connectivity index (χ1n) is 8.74. The lowest BCUT2D eigenvalue weighted by Crippen LogP contribution is -2.37. The zero-order chi connectivity index (χ0) is 20.5. The summed E-state index contributed by atoms with van der Waals surface area (Å²) in [5.74, 6) is 0.528. The number of carbonyl (C=O) groups is 2. The molecule has 0 radical (unpaired) electrons. The average molecular weight is 425 g/mol. The normalized spacial score (nSPS) is 10.3. The van der Waals surface area contributed by atoms with Gasteiger partial charge in [-0.25, -0.2) is 0 Å². The molecule has 2 amide bonds. The van der Waals surface area contributed by atoms with Crippen LogP contribution in [0, 0.1) is 0 Å². The monoisotopic (exact) mass is 424 g/mol. The van der Waals surface area contributed by atoms with E-state index < -0.39 is 5.91 Å². The molecule has 2 rings (SSSR count). The van der Waals surface area contributed by atoms with Gasteiger partial charge < -0.3 is 19.7 Å². The zero-order valence-electron chi connectivity index (χ0n) is 15.7. The number of para-hydroxylation sites is 1. The number of rotatable bonds is 9. The number of nitrogens with zero attached hydrogens (tertiary/aromatic N) is 1. The predicted molar refractivity (Wildman–Crippen MR) is 110 cm³/mol. The fourth-order valence-corrected chi connectivity index (χ4v) is 2.70. The summed E-state index contributed by atoms with van der Waals surface area (Å²) in [6, 6.07) is 11.9. The minimum absolute atomic E-state index is 0.159. The molecule has 28 heavy (non-hydrogen) atoms. The highest BCUT2D eigenvalue weighted by molar-refractivity contribution is 6.39. The van der Waals surface area contributed by atoms with Crippen LogP contribution in [0.3, 0.4) is 0 Å². The van der Waals surface area contributed by atoms with E-state index in [1.54, 1.807) is 42.5 Å². The molecule has 150 valence electrons. The van der Waals surface area contributed by atoms with Crippen LogP contribution in [0.2, 0.25) is 10.0 Å². The van der Waals surface area contributed by atoms with Crippen LogP contribution in [0.5, 0.6) is 11.5 Å². The molecule has 0 aromatic heterocycles. The largest absolute Gasteiger partial charge is 0.494 e. The maximum atomic E-state index is 12.2. The zero-order valence-corrected chi connectivity index (χ0v) is 17.2. The van der Waals surface area contributed by atoms with Crippen LogP contribution in [-0.2, 0) is 9.59 Å². The van der Waals surface area contributed by atoms with E-state index in [1.807, 2.05) is 6.92 Å². The second-order valence-electron chi connectivity index (χ2n) is 6.00. The summed E-state index contributed by atoms with van der Waals surface area (Å²) >= 11 is 12.0. The van der Waals surface area contributed by atoms with Crippen LogP contribution >= 0.6 is 23.2 Å². The SMILES string of the molecule is CCCOc1ccc(OCC(=O)N(C)CC(=O)Nc2c(Cl)cccc2Cl)cc1. The minimum Gasteiger partial charge on any atom is -0.494 e. The molecule has 0 unspecified atom stereocenters. The van der Waals surface area contributed by atoms with Crippen molar-refractivity contribution in [2.75, 3.05) is 32.1 Å². The summed E-state index contributed by atoms with van der Waals surface area (Å²) < 4.78 is 11.0. The van der Waals surface area contributed by atoms with E-state index in [0.29, 0.717) is 28.1 Å². The van der Waals surface area contributed by atoms with Crippen molar-refractivity contribution >= 4 is 40.7 Å². The van der Waals surface area contributed by atoms with Crippen molar-refractivity contribution in [3.05, 3.63) is 52.5 Å². The summed E-state index contributed by atoms with van der Waals surface area (Å²) in [6.07, 6.45) is 0.926. The maximum absolute atomic E-state index is 12.2. The van der Waals surface area contributed by atoms with Crippen LogP contribution < -0.4 is 14.8 Å². The Bertz CT molecular complexity index is 792. The van der Waals surface area contributed by atoms with Gasteiger partial charge in [0.15, 0.2) is 6.61 Å². The first-order chi connectivity index (χ1) is 13.4. The second-order valence-corrected chi connectivity index (χ2v) is 6.82. The van der Waals surface area contributed by atoms with Gasteiger partial charge >= 0.3 is 0 Å². The molecule has 0 heterocycles. The number of nitrogens with one attached hydrogen (secondary N) is 1. The quantitative estimate of drug-likeness (QED) is 0.652. The standard InChI is InChI=1S/C20H22Cl2N2O4/c1-3-11-27-14-7-9-15(10-8-14)28-13-19(26)24(2)12-18(25)23-20-16(21)5-4-6-17(20)22/h4-10H,3,11-13H2,1-2H3,(H,23,25). The van der Waals surface area contributed by atoms with Crippen LogP contribution in [0.1, 0.15) is 13.3 Å². The van der Waals surface area contributed by atoms with Gasteiger partial charge in [-0.2, -0.15) is 0 Å². The lowest BCUT2D eigenvalue weighted by molar-refractivity contribution is -0.135. The fraction of sp³-hybridized carbons (Fsp3) is 0.300. The molecule has 1 N–H and O–H groups in total. The number of ether oxygens (including phenoxy) is 2. The molecule has 0 aliphatic heterocycles. The Morgan fingerprint density at radius 1 is 1.00 bits per heavy atom. The van der Waals surface area contributed by atoms with Crippen molar-refractivity contribution in [3.8, 4) is 11.5 Å². The molecule has 0 saturated carbocycles. The molecule has 0 aliphatic rings. The third-order valence-corrected chi connectivity index (χ3v) is 4.32. The van der Waals surface area contributed by atoms with Crippen molar-refractivity contribution in [1.82, 2.24) is 4.90 Å². The Kier molecular flexibility index (Phi) is 8.42. The Labute approximate surface area is 174 Å². The second kappa shape index (κ2) is 10.8. The van der Waals surface area contributed by atoms with Crippen LogP contribution in [0.15, 0.2) is 42.5 Å². The lowest BCUT2D eigenvalue weighted by Gasteiger charge is -2.18. The van der Waals surface area contributed by atoms with Gasteiger partial charge in [-0.05, 0) is 42.8 Å². The summed E-state index contributed by atoms with van der Waals surface area (Å²) in [5.41, 5.74) is 0.318. The molecule has 6 nitrogen and oxygen atoms in total. The number of amides is 2. The van der Waals surface area contributed by atoms with Gasteiger partial charge in [0, 0.05) is 7.05 Å². The number of likely N-dealkylation sites (N-methyl/N-ethyl adjacent to an activating group) is 1.